The maximum atomic E-state index is 14.2. The van der Waals surface area contributed by atoms with Crippen LogP contribution in [0.3, 0.4) is 0 Å². The van der Waals surface area contributed by atoms with E-state index in [0.29, 0.717) is 19.4 Å². The molecular weight excluding hydrogens is 582 g/mol. The Morgan fingerprint density at radius 3 is 2.07 bits per heavy atom. The van der Waals surface area contributed by atoms with Gasteiger partial charge in [0.05, 0.1) is 19.2 Å². The number of ether oxygens (including phenoxy) is 2. The number of primary amides is 1. The molecule has 0 bridgehead atoms. The second-order valence-corrected chi connectivity index (χ2v) is 14.4. The molecule has 1 aliphatic heterocycles. The molecule has 1 saturated heterocycles. The number of nitrogens with zero attached hydrogens (tertiary/aromatic N) is 1. The number of ketones is 1. The summed E-state index contributed by atoms with van der Waals surface area (Å²) in [6.45, 7) is 9.78. The number of carbonyl (C=O) groups excluding carboxylic acids is 6. The maximum absolute atomic E-state index is 14.2. The topological polar surface area (TPSA) is 186 Å². The van der Waals surface area contributed by atoms with Crippen molar-refractivity contribution in [1.29, 1.82) is 0 Å². The minimum atomic E-state index is -1.10. The molecule has 0 aromatic rings. The highest BCUT2D eigenvalue weighted by Gasteiger charge is 2.46. The summed E-state index contributed by atoms with van der Waals surface area (Å²) in [5.41, 5.74) is 4.58. The molecule has 3 rings (SSSR count). The highest BCUT2D eigenvalue weighted by Crippen LogP contribution is 2.34. The largest absolute Gasteiger partial charge is 0.508 e. The maximum Gasteiger partial charge on any atom is 0.508 e. The van der Waals surface area contributed by atoms with Crippen LogP contribution in [0.2, 0.25) is 0 Å². The first-order valence-corrected chi connectivity index (χ1v) is 16.3. The van der Waals surface area contributed by atoms with Crippen molar-refractivity contribution < 1.29 is 38.2 Å². The molecule has 13 nitrogen and oxygen atoms in total. The fourth-order valence-electron chi connectivity index (χ4n) is 6.60. The molecule has 3 aliphatic rings. The van der Waals surface area contributed by atoms with E-state index in [0.717, 1.165) is 44.9 Å². The molecule has 3 fully saturated rings. The Bertz CT molecular complexity index is 1100. The van der Waals surface area contributed by atoms with E-state index >= 15 is 0 Å². The fraction of sp³-hybridized carbons (Fsp3) is 0.812. The number of likely N-dealkylation sites (tertiary alicyclic amines) is 1. The Kier molecular flexibility index (Phi) is 12.6. The SMILES string of the molecule is COC(=O)OC[C@@H](NC(=O)NC(C(=O)N1CC(C(C)C)CC1C(=O)NC(CC1CCC1)C(=O)C(N)=O)C(C)(C)C)C1CCCC1. The van der Waals surface area contributed by atoms with Gasteiger partial charge in [-0.15, -0.1) is 0 Å². The van der Waals surface area contributed by atoms with Crippen molar-refractivity contribution in [3.05, 3.63) is 0 Å². The van der Waals surface area contributed by atoms with Gasteiger partial charge in [0, 0.05) is 6.54 Å². The Morgan fingerprint density at radius 2 is 1.56 bits per heavy atom. The number of Topliss-reactive ketones (excluding diaryl/α,β-unsaturated/α-hetero) is 1. The van der Waals surface area contributed by atoms with Crippen molar-refractivity contribution in [2.24, 2.45) is 34.8 Å². The summed E-state index contributed by atoms with van der Waals surface area (Å²) in [6.07, 6.45) is 6.50. The van der Waals surface area contributed by atoms with Crippen LogP contribution in [-0.4, -0.2) is 85.0 Å². The zero-order valence-corrected chi connectivity index (χ0v) is 27.7. The van der Waals surface area contributed by atoms with Crippen LogP contribution in [0.5, 0.6) is 0 Å². The van der Waals surface area contributed by atoms with E-state index in [1.807, 2.05) is 34.6 Å². The number of hydrogen-bond acceptors (Lipinski definition) is 8. The van der Waals surface area contributed by atoms with Gasteiger partial charge in [-0.2, -0.15) is 0 Å². The number of methoxy groups -OCH3 is 1. The molecule has 13 heteroatoms. The smallest absolute Gasteiger partial charge is 0.438 e. The highest BCUT2D eigenvalue weighted by molar-refractivity contribution is 6.37. The van der Waals surface area contributed by atoms with Gasteiger partial charge in [-0.05, 0) is 54.8 Å². The molecular formula is C32H53N5O8. The molecule has 2 saturated carbocycles. The molecule has 0 radical (unpaired) electrons. The summed E-state index contributed by atoms with van der Waals surface area (Å²) in [7, 11) is 1.21. The summed E-state index contributed by atoms with van der Waals surface area (Å²) in [5.74, 6) is -2.35. The number of nitrogens with one attached hydrogen (secondary N) is 3. The van der Waals surface area contributed by atoms with E-state index in [1.54, 1.807) is 0 Å². The van der Waals surface area contributed by atoms with Crippen molar-refractivity contribution in [3.8, 4) is 0 Å². The van der Waals surface area contributed by atoms with Crippen LogP contribution in [0.25, 0.3) is 0 Å². The molecule has 5 N–H and O–H groups in total. The minimum absolute atomic E-state index is 0.0123. The number of rotatable bonds is 13. The molecule has 1 heterocycles. The summed E-state index contributed by atoms with van der Waals surface area (Å²) >= 11 is 0. The van der Waals surface area contributed by atoms with Crippen LogP contribution in [0, 0.1) is 29.1 Å². The predicted molar refractivity (Wildman–Crippen MR) is 166 cm³/mol. The molecule has 0 aromatic carbocycles. The monoisotopic (exact) mass is 635 g/mol. The zero-order chi connectivity index (χ0) is 33.5. The Morgan fingerprint density at radius 1 is 0.911 bits per heavy atom. The minimum Gasteiger partial charge on any atom is -0.438 e. The third kappa shape index (κ3) is 9.80. The molecule has 0 spiro atoms. The molecule has 5 atom stereocenters. The summed E-state index contributed by atoms with van der Waals surface area (Å²) in [6, 6.07) is -3.97. The summed E-state index contributed by atoms with van der Waals surface area (Å²) in [4.78, 5) is 78.9. The van der Waals surface area contributed by atoms with E-state index < -0.39 is 65.3 Å². The Hall–Kier alpha value is -3.38. The van der Waals surface area contributed by atoms with Crippen LogP contribution in [0.15, 0.2) is 0 Å². The molecule has 2 aliphatic carbocycles. The first-order valence-electron chi connectivity index (χ1n) is 16.3. The van der Waals surface area contributed by atoms with E-state index in [1.165, 1.54) is 12.0 Å². The molecule has 254 valence electrons. The van der Waals surface area contributed by atoms with Gasteiger partial charge in [-0.1, -0.05) is 66.7 Å². The van der Waals surface area contributed by atoms with E-state index in [2.05, 4.69) is 20.7 Å². The van der Waals surface area contributed by atoms with E-state index in [4.69, 9.17) is 10.5 Å². The molecule has 45 heavy (non-hydrogen) atoms. The van der Waals surface area contributed by atoms with Crippen LogP contribution < -0.4 is 21.7 Å². The Balaban J connectivity index is 1.78. The predicted octanol–water partition coefficient (Wildman–Crippen LogP) is 2.64. The highest BCUT2D eigenvalue weighted by atomic mass is 16.7. The van der Waals surface area contributed by atoms with Crippen molar-refractivity contribution in [2.75, 3.05) is 20.3 Å². The lowest BCUT2D eigenvalue weighted by Gasteiger charge is -2.36. The number of carbonyl (C=O) groups is 6. The van der Waals surface area contributed by atoms with Gasteiger partial charge in [0.2, 0.25) is 17.6 Å². The van der Waals surface area contributed by atoms with Crippen LogP contribution in [-0.2, 0) is 28.7 Å². The first kappa shape index (κ1) is 36.1. The van der Waals surface area contributed by atoms with Gasteiger partial charge in [-0.25, -0.2) is 9.59 Å². The van der Waals surface area contributed by atoms with Gasteiger partial charge in [0.1, 0.15) is 18.7 Å². The molecule has 5 amide bonds. The van der Waals surface area contributed by atoms with Gasteiger partial charge >= 0.3 is 12.2 Å². The normalized spacial score (nSPS) is 22.6. The average molecular weight is 636 g/mol. The fourth-order valence-corrected chi connectivity index (χ4v) is 6.60. The van der Waals surface area contributed by atoms with Crippen molar-refractivity contribution in [2.45, 2.75) is 117 Å². The number of urea groups is 1. The first-order chi connectivity index (χ1) is 21.1. The second-order valence-electron chi connectivity index (χ2n) is 14.4. The van der Waals surface area contributed by atoms with Crippen LogP contribution >= 0.6 is 0 Å². The van der Waals surface area contributed by atoms with Gasteiger partial charge in [0.15, 0.2) is 0 Å². The van der Waals surface area contributed by atoms with Gasteiger partial charge in [-0.3, -0.25) is 19.2 Å². The second kappa shape index (κ2) is 15.8. The molecule has 0 aromatic heterocycles. The van der Waals surface area contributed by atoms with Crippen LogP contribution in [0.4, 0.5) is 9.59 Å². The lowest BCUT2D eigenvalue weighted by atomic mass is 9.80. The zero-order valence-electron chi connectivity index (χ0n) is 27.7. The quantitative estimate of drug-likeness (QED) is 0.176. The van der Waals surface area contributed by atoms with Crippen LogP contribution in [0.1, 0.15) is 92.4 Å². The number of amides is 5. The lowest BCUT2D eigenvalue weighted by molar-refractivity contribution is -0.143. The molecule has 4 unspecified atom stereocenters. The lowest BCUT2D eigenvalue weighted by Crippen LogP contribution is -2.61. The van der Waals surface area contributed by atoms with Crippen molar-refractivity contribution in [1.82, 2.24) is 20.9 Å². The van der Waals surface area contributed by atoms with E-state index in [9.17, 15) is 28.8 Å². The average Bonchev–Trinajstić information content (AvgIpc) is 3.64. The summed E-state index contributed by atoms with van der Waals surface area (Å²) < 4.78 is 9.75. The van der Waals surface area contributed by atoms with Gasteiger partial charge in [0.25, 0.3) is 5.91 Å². The number of nitrogens with two attached hydrogens (primary N) is 1. The van der Waals surface area contributed by atoms with Crippen molar-refractivity contribution >= 4 is 35.7 Å². The van der Waals surface area contributed by atoms with E-state index in [-0.39, 0.29) is 30.3 Å². The van der Waals surface area contributed by atoms with Gasteiger partial charge < -0.3 is 36.1 Å². The van der Waals surface area contributed by atoms with Crippen molar-refractivity contribution in [3.63, 3.8) is 0 Å². The number of hydrogen-bond donors (Lipinski definition) is 4. The standard InChI is InChI=1S/C32H53N5O8/c1-18(2)21-15-24(28(40)34-22(25(38)27(33)39)14-19-10-9-11-19)37(16-21)29(41)26(32(3,4)5)36-30(42)35-23(17-45-31(43)44-6)20-12-7-8-13-20/h18-24,26H,7-17H2,1-6H3,(H2,33,39)(H,34,40)(H2,35,36,42)/t21?,22?,23-,24?,26?/m1/s1. The summed E-state index contributed by atoms with van der Waals surface area (Å²) in [5, 5.41) is 8.51. The Labute approximate surface area is 266 Å². The third-order valence-electron chi connectivity index (χ3n) is 9.75. The third-order valence-corrected chi connectivity index (χ3v) is 9.75.